The van der Waals surface area contributed by atoms with Gasteiger partial charge in [0.15, 0.2) is 5.13 Å². The van der Waals surface area contributed by atoms with Crippen LogP contribution in [0.25, 0.3) is 0 Å². The van der Waals surface area contributed by atoms with Crippen LogP contribution in [-0.2, 0) is 11.2 Å². The van der Waals surface area contributed by atoms with Crippen molar-refractivity contribution in [2.24, 2.45) is 5.92 Å². The number of nitrogens with zero attached hydrogens (tertiary/aromatic N) is 2. The summed E-state index contributed by atoms with van der Waals surface area (Å²) < 4.78 is 5.54. The molecule has 1 aliphatic heterocycles. The monoisotopic (exact) mass is 318 g/mol. The Labute approximate surface area is 132 Å². The molecule has 1 fully saturated rings. The Morgan fingerprint density at radius 3 is 2.95 bits per heavy atom. The molecule has 2 atom stereocenters. The molecule has 0 unspecified atom stereocenters. The lowest BCUT2D eigenvalue weighted by molar-refractivity contribution is 0.0921. The number of rotatable bonds is 5. The Morgan fingerprint density at radius 1 is 1.41 bits per heavy atom. The fraction of sp³-hybridized carbons (Fsp3) is 0.400. The Kier molecular flexibility index (Phi) is 4.65. The van der Waals surface area contributed by atoms with Gasteiger partial charge in [-0.25, -0.2) is 4.98 Å². The summed E-state index contributed by atoms with van der Waals surface area (Å²) in [6, 6.07) is 4.01. The van der Waals surface area contributed by atoms with Crippen molar-refractivity contribution < 1.29 is 9.53 Å². The Bertz CT molecular complexity index is 631. The van der Waals surface area contributed by atoms with Gasteiger partial charge in [0.25, 0.3) is 5.91 Å². The largest absolute Gasteiger partial charge is 0.379 e. The number of aromatic nitrogens is 2. The summed E-state index contributed by atoms with van der Waals surface area (Å²) in [6.07, 6.45) is 4.44. The second-order valence-corrected chi connectivity index (χ2v) is 6.08. The van der Waals surface area contributed by atoms with E-state index in [-0.39, 0.29) is 17.9 Å². The van der Waals surface area contributed by atoms with Crippen molar-refractivity contribution >= 4 is 22.4 Å². The van der Waals surface area contributed by atoms with E-state index in [4.69, 9.17) is 4.74 Å². The summed E-state index contributed by atoms with van der Waals surface area (Å²) in [5, 5.41) is 8.47. The van der Waals surface area contributed by atoms with E-state index in [0.29, 0.717) is 18.9 Å². The summed E-state index contributed by atoms with van der Waals surface area (Å²) in [5.41, 5.74) is 1.65. The number of thiazole rings is 1. The number of ether oxygens (including phenoxy) is 1. The number of hydrogen-bond donors (Lipinski definition) is 2. The van der Waals surface area contributed by atoms with Gasteiger partial charge < -0.3 is 15.4 Å². The molecule has 7 heteroatoms. The van der Waals surface area contributed by atoms with Crippen molar-refractivity contribution in [2.45, 2.75) is 12.5 Å². The second-order valence-electron chi connectivity index (χ2n) is 5.22. The van der Waals surface area contributed by atoms with E-state index in [1.54, 1.807) is 24.8 Å². The molecule has 0 aliphatic carbocycles. The first-order valence-corrected chi connectivity index (χ1v) is 8.05. The normalized spacial score (nSPS) is 20.8. The van der Waals surface area contributed by atoms with Crippen LogP contribution in [-0.4, -0.2) is 42.2 Å². The van der Waals surface area contributed by atoms with E-state index in [1.807, 2.05) is 12.1 Å². The molecular weight excluding hydrogens is 300 g/mol. The van der Waals surface area contributed by atoms with Gasteiger partial charge >= 0.3 is 0 Å². The highest BCUT2D eigenvalue weighted by molar-refractivity contribution is 7.13. The number of anilines is 1. The number of carbonyl (C=O) groups excluding carboxylic acids is 1. The van der Waals surface area contributed by atoms with Crippen molar-refractivity contribution in [2.75, 3.05) is 25.6 Å². The highest BCUT2D eigenvalue weighted by atomic mass is 32.1. The maximum atomic E-state index is 12.3. The minimum atomic E-state index is -0.145. The fourth-order valence-electron chi connectivity index (χ4n) is 2.52. The first kappa shape index (κ1) is 14.9. The molecule has 0 aromatic carbocycles. The minimum absolute atomic E-state index is 0.0143. The maximum absolute atomic E-state index is 12.3. The van der Waals surface area contributed by atoms with Crippen molar-refractivity contribution in [3.05, 3.63) is 41.2 Å². The second kappa shape index (κ2) is 6.85. The highest BCUT2D eigenvalue weighted by Crippen LogP contribution is 2.20. The predicted octanol–water partition coefficient (Wildman–Crippen LogP) is 1.57. The third-order valence-electron chi connectivity index (χ3n) is 3.71. The number of pyridine rings is 1. The van der Waals surface area contributed by atoms with Crippen LogP contribution in [0.1, 0.15) is 16.1 Å². The lowest BCUT2D eigenvalue weighted by Crippen LogP contribution is -2.40. The van der Waals surface area contributed by atoms with E-state index in [9.17, 15) is 4.79 Å². The number of amides is 1. The van der Waals surface area contributed by atoms with E-state index >= 15 is 0 Å². The van der Waals surface area contributed by atoms with Gasteiger partial charge in [0.1, 0.15) is 5.69 Å². The molecule has 1 aliphatic rings. The van der Waals surface area contributed by atoms with Gasteiger partial charge in [-0.1, -0.05) is 0 Å². The zero-order chi connectivity index (χ0) is 15.4. The van der Waals surface area contributed by atoms with Crippen LogP contribution in [0.2, 0.25) is 0 Å². The third kappa shape index (κ3) is 3.42. The first-order chi connectivity index (χ1) is 10.8. The van der Waals surface area contributed by atoms with E-state index < -0.39 is 0 Å². The number of carbonyl (C=O) groups is 1. The molecule has 3 rings (SSSR count). The van der Waals surface area contributed by atoms with Crippen molar-refractivity contribution in [1.29, 1.82) is 0 Å². The number of hydrogen-bond acceptors (Lipinski definition) is 6. The number of nitrogens with one attached hydrogen (secondary N) is 2. The summed E-state index contributed by atoms with van der Waals surface area (Å²) in [7, 11) is 1.79. The zero-order valence-corrected chi connectivity index (χ0v) is 13.1. The SMILES string of the molecule is CNc1nc(C(=O)N[C@@H]2COC[C@H]2Cc2ccncc2)cs1. The molecule has 3 heterocycles. The van der Waals surface area contributed by atoms with E-state index in [2.05, 4.69) is 20.6 Å². The average Bonchev–Trinajstić information content (AvgIpc) is 3.18. The minimum Gasteiger partial charge on any atom is -0.379 e. The van der Waals surface area contributed by atoms with Gasteiger partial charge in [-0.3, -0.25) is 9.78 Å². The van der Waals surface area contributed by atoms with Crippen LogP contribution < -0.4 is 10.6 Å². The van der Waals surface area contributed by atoms with Gasteiger partial charge in [0.2, 0.25) is 0 Å². The Hall–Kier alpha value is -1.99. The fourth-order valence-corrected chi connectivity index (χ4v) is 3.17. The molecule has 22 heavy (non-hydrogen) atoms. The molecule has 1 saturated heterocycles. The topological polar surface area (TPSA) is 76.1 Å². The average molecular weight is 318 g/mol. The van der Waals surface area contributed by atoms with Crippen LogP contribution in [0.15, 0.2) is 29.9 Å². The van der Waals surface area contributed by atoms with Crippen LogP contribution in [0.4, 0.5) is 5.13 Å². The quantitative estimate of drug-likeness (QED) is 0.875. The summed E-state index contributed by atoms with van der Waals surface area (Å²) in [4.78, 5) is 20.5. The Morgan fingerprint density at radius 2 is 2.23 bits per heavy atom. The highest BCUT2D eigenvalue weighted by Gasteiger charge is 2.30. The molecule has 116 valence electrons. The van der Waals surface area contributed by atoms with Crippen molar-refractivity contribution in [1.82, 2.24) is 15.3 Å². The first-order valence-electron chi connectivity index (χ1n) is 7.17. The lowest BCUT2D eigenvalue weighted by atomic mass is 9.95. The van der Waals surface area contributed by atoms with Gasteiger partial charge in [0.05, 0.1) is 19.3 Å². The molecule has 0 radical (unpaired) electrons. The smallest absolute Gasteiger partial charge is 0.271 e. The Balaban J connectivity index is 1.62. The van der Waals surface area contributed by atoms with Gasteiger partial charge in [-0.05, 0) is 24.1 Å². The molecule has 2 N–H and O–H groups in total. The van der Waals surface area contributed by atoms with Gasteiger partial charge in [-0.2, -0.15) is 0 Å². The van der Waals surface area contributed by atoms with Gasteiger partial charge in [-0.15, -0.1) is 11.3 Å². The van der Waals surface area contributed by atoms with Crippen LogP contribution in [0, 0.1) is 5.92 Å². The van der Waals surface area contributed by atoms with Crippen LogP contribution in [0.3, 0.4) is 0 Å². The molecular formula is C15H18N4O2S. The van der Waals surface area contributed by atoms with E-state index in [1.165, 1.54) is 16.9 Å². The predicted molar refractivity (Wildman–Crippen MR) is 85.2 cm³/mol. The summed E-state index contributed by atoms with van der Waals surface area (Å²) >= 11 is 1.42. The van der Waals surface area contributed by atoms with Crippen molar-refractivity contribution in [3.8, 4) is 0 Å². The summed E-state index contributed by atoms with van der Waals surface area (Å²) in [6.45, 7) is 1.20. The summed E-state index contributed by atoms with van der Waals surface area (Å²) in [5.74, 6) is 0.127. The molecule has 2 aromatic heterocycles. The molecule has 0 saturated carbocycles. The third-order valence-corrected chi connectivity index (χ3v) is 4.57. The molecule has 0 bridgehead atoms. The van der Waals surface area contributed by atoms with E-state index in [0.717, 1.165) is 11.6 Å². The molecule has 6 nitrogen and oxygen atoms in total. The molecule has 0 spiro atoms. The van der Waals surface area contributed by atoms with Crippen LogP contribution >= 0.6 is 11.3 Å². The standard InChI is InChI=1S/C15H18N4O2S/c1-16-15-19-13(9-22-15)14(20)18-12-8-21-7-11(12)6-10-2-4-17-5-3-10/h2-5,9,11-12H,6-8H2,1H3,(H,16,19)(H,18,20)/t11-,12-/m1/s1. The van der Waals surface area contributed by atoms with Crippen LogP contribution in [0.5, 0.6) is 0 Å². The van der Waals surface area contributed by atoms with Crippen molar-refractivity contribution in [3.63, 3.8) is 0 Å². The maximum Gasteiger partial charge on any atom is 0.271 e. The zero-order valence-electron chi connectivity index (χ0n) is 12.3. The molecule has 1 amide bonds. The molecule has 2 aromatic rings. The lowest BCUT2D eigenvalue weighted by Gasteiger charge is -2.18. The van der Waals surface area contributed by atoms with Gasteiger partial charge in [0, 0.05) is 30.7 Å².